The maximum atomic E-state index is 12.7. The maximum absolute atomic E-state index is 12.7. The number of aliphatic hydroxyl groups is 1. The molecule has 5 atom stereocenters. The lowest BCUT2D eigenvalue weighted by atomic mass is 10.0. The maximum Gasteiger partial charge on any atom is 0.326 e. The third-order valence-electron chi connectivity index (χ3n) is 4.70. The number of carbonyl (C=O) groups is 5. The Morgan fingerprint density at radius 1 is 0.848 bits per heavy atom. The van der Waals surface area contributed by atoms with Gasteiger partial charge in [0.25, 0.3) is 0 Å². The monoisotopic (exact) mass is 475 g/mol. The fourth-order valence-corrected chi connectivity index (χ4v) is 2.92. The highest BCUT2D eigenvalue weighted by Gasteiger charge is 2.33. The second kappa shape index (κ2) is 15.1. The number of rotatable bonds is 16. The highest BCUT2D eigenvalue weighted by Crippen LogP contribution is 2.07. The summed E-state index contributed by atoms with van der Waals surface area (Å²) >= 11 is 0. The molecule has 10 N–H and O–H groups in total. The van der Waals surface area contributed by atoms with Gasteiger partial charge in [0.2, 0.25) is 17.7 Å². The number of carbonyl (C=O) groups excluding carboxylic acids is 3. The van der Waals surface area contributed by atoms with Gasteiger partial charge in [-0.25, -0.2) is 4.79 Å². The number of carboxylic acid groups (broad SMARTS) is 2. The SMILES string of the molecule is CC(C)CC(NC(=O)C(CC(=O)O)NC(=O)C(NC(=O)C(N)CCCCN)C(C)O)C(=O)O. The van der Waals surface area contributed by atoms with Crippen LogP contribution >= 0.6 is 0 Å². The van der Waals surface area contributed by atoms with E-state index in [-0.39, 0.29) is 12.3 Å². The van der Waals surface area contributed by atoms with Crippen LogP contribution in [0.2, 0.25) is 0 Å². The zero-order chi connectivity index (χ0) is 25.7. The number of nitrogens with two attached hydrogens (primary N) is 2. The number of aliphatic carboxylic acids is 2. The van der Waals surface area contributed by atoms with Crippen LogP contribution in [0.3, 0.4) is 0 Å². The molecule has 0 rings (SSSR count). The molecule has 0 radical (unpaired) electrons. The smallest absolute Gasteiger partial charge is 0.326 e. The van der Waals surface area contributed by atoms with Crippen molar-refractivity contribution in [1.29, 1.82) is 0 Å². The number of aliphatic hydroxyl groups excluding tert-OH is 1. The zero-order valence-corrected chi connectivity index (χ0v) is 19.2. The van der Waals surface area contributed by atoms with Crippen molar-refractivity contribution in [1.82, 2.24) is 16.0 Å². The number of unbranched alkanes of at least 4 members (excludes halogenated alkanes) is 1. The number of amides is 3. The van der Waals surface area contributed by atoms with Crippen LogP contribution < -0.4 is 27.4 Å². The van der Waals surface area contributed by atoms with E-state index in [1.54, 1.807) is 13.8 Å². The largest absolute Gasteiger partial charge is 0.481 e. The Morgan fingerprint density at radius 3 is 1.88 bits per heavy atom. The molecule has 0 aliphatic heterocycles. The van der Waals surface area contributed by atoms with Crippen LogP contribution in [0.25, 0.3) is 0 Å². The normalized spacial score (nSPS) is 15.6. The van der Waals surface area contributed by atoms with E-state index in [0.717, 1.165) is 0 Å². The van der Waals surface area contributed by atoms with Crippen molar-refractivity contribution in [2.45, 2.75) is 83.1 Å². The first kappa shape index (κ1) is 30.2. The lowest BCUT2D eigenvalue weighted by Crippen LogP contribution is -2.60. The average molecular weight is 476 g/mol. The Balaban J connectivity index is 5.36. The molecule has 0 heterocycles. The number of hydrogen-bond acceptors (Lipinski definition) is 8. The van der Waals surface area contributed by atoms with Gasteiger partial charge in [-0.15, -0.1) is 0 Å². The van der Waals surface area contributed by atoms with Gasteiger partial charge in [0, 0.05) is 0 Å². The van der Waals surface area contributed by atoms with Gasteiger partial charge in [0.05, 0.1) is 18.6 Å². The second-order valence-electron chi connectivity index (χ2n) is 8.31. The van der Waals surface area contributed by atoms with Gasteiger partial charge >= 0.3 is 11.9 Å². The molecule has 5 unspecified atom stereocenters. The van der Waals surface area contributed by atoms with Gasteiger partial charge < -0.3 is 42.7 Å². The number of nitrogens with one attached hydrogen (secondary N) is 3. The molecule has 0 saturated heterocycles. The summed E-state index contributed by atoms with van der Waals surface area (Å²) in [6.45, 7) is 5.14. The Bertz CT molecular complexity index is 685. The predicted octanol–water partition coefficient (Wildman–Crippen LogP) is -2.12. The molecular formula is C20H37N5O8. The third kappa shape index (κ3) is 12.2. The van der Waals surface area contributed by atoms with Crippen molar-refractivity contribution < 1.29 is 39.3 Å². The third-order valence-corrected chi connectivity index (χ3v) is 4.70. The highest BCUT2D eigenvalue weighted by molar-refractivity contribution is 5.95. The fourth-order valence-electron chi connectivity index (χ4n) is 2.92. The molecule has 13 heteroatoms. The molecule has 0 spiro atoms. The molecule has 0 aromatic rings. The van der Waals surface area contributed by atoms with Gasteiger partial charge in [-0.2, -0.15) is 0 Å². The Kier molecular flexibility index (Phi) is 13.9. The first-order chi connectivity index (χ1) is 15.3. The molecule has 3 amide bonds. The molecule has 0 aliphatic rings. The molecule has 0 aromatic heterocycles. The molecule has 0 saturated carbocycles. The van der Waals surface area contributed by atoms with Gasteiger partial charge in [-0.3, -0.25) is 19.2 Å². The fraction of sp³-hybridized carbons (Fsp3) is 0.750. The summed E-state index contributed by atoms with van der Waals surface area (Å²) in [5.41, 5.74) is 11.2. The van der Waals surface area contributed by atoms with Crippen LogP contribution in [-0.4, -0.2) is 81.8 Å². The van der Waals surface area contributed by atoms with Gasteiger partial charge in [-0.05, 0) is 38.6 Å². The minimum Gasteiger partial charge on any atom is -0.481 e. The van der Waals surface area contributed by atoms with E-state index in [0.29, 0.717) is 25.8 Å². The molecular weight excluding hydrogens is 438 g/mol. The van der Waals surface area contributed by atoms with Crippen molar-refractivity contribution in [2.75, 3.05) is 6.54 Å². The lowest BCUT2D eigenvalue weighted by Gasteiger charge is -2.26. The van der Waals surface area contributed by atoms with Crippen LogP contribution in [0.5, 0.6) is 0 Å². The summed E-state index contributed by atoms with van der Waals surface area (Å²) in [5, 5.41) is 35.0. The molecule has 13 nitrogen and oxygen atoms in total. The summed E-state index contributed by atoms with van der Waals surface area (Å²) < 4.78 is 0. The number of carboxylic acids is 2. The highest BCUT2D eigenvalue weighted by atomic mass is 16.4. The zero-order valence-electron chi connectivity index (χ0n) is 19.2. The van der Waals surface area contributed by atoms with Crippen LogP contribution in [0, 0.1) is 5.92 Å². The van der Waals surface area contributed by atoms with Crippen LogP contribution in [0.4, 0.5) is 0 Å². The van der Waals surface area contributed by atoms with Gasteiger partial charge in [0.1, 0.15) is 18.1 Å². The average Bonchev–Trinajstić information content (AvgIpc) is 2.69. The van der Waals surface area contributed by atoms with E-state index in [9.17, 15) is 34.2 Å². The summed E-state index contributed by atoms with van der Waals surface area (Å²) in [6.07, 6.45) is -0.617. The molecule has 0 bridgehead atoms. The Hall–Kier alpha value is -2.77. The van der Waals surface area contributed by atoms with Crippen molar-refractivity contribution in [3.63, 3.8) is 0 Å². The van der Waals surface area contributed by atoms with Gasteiger partial charge in [0.15, 0.2) is 0 Å². The summed E-state index contributed by atoms with van der Waals surface area (Å²) in [5.74, 6) is -5.57. The van der Waals surface area contributed by atoms with E-state index in [1.807, 2.05) is 0 Å². The standard InChI is InChI=1S/C20H37N5O8/c1-10(2)8-14(20(32)33)24-18(30)13(9-15(27)28)23-19(31)16(11(3)26)25-17(29)12(22)6-4-5-7-21/h10-14,16,26H,4-9,21-22H2,1-3H3,(H,23,31)(H,24,30)(H,25,29)(H,27,28)(H,32,33). The second-order valence-corrected chi connectivity index (χ2v) is 8.31. The molecule has 0 aromatic carbocycles. The predicted molar refractivity (Wildman–Crippen MR) is 118 cm³/mol. The van der Waals surface area contributed by atoms with E-state index in [2.05, 4.69) is 16.0 Å². The first-order valence-corrected chi connectivity index (χ1v) is 10.8. The lowest BCUT2D eigenvalue weighted by molar-refractivity contribution is -0.144. The summed E-state index contributed by atoms with van der Waals surface area (Å²) in [6, 6.07) is -5.41. The Morgan fingerprint density at radius 2 is 1.42 bits per heavy atom. The van der Waals surface area contributed by atoms with Crippen LogP contribution in [0.15, 0.2) is 0 Å². The van der Waals surface area contributed by atoms with Crippen molar-refractivity contribution >= 4 is 29.7 Å². The van der Waals surface area contributed by atoms with Crippen molar-refractivity contribution in [2.24, 2.45) is 17.4 Å². The topological polar surface area (TPSA) is 234 Å². The van der Waals surface area contributed by atoms with E-state index in [4.69, 9.17) is 16.6 Å². The van der Waals surface area contributed by atoms with Crippen molar-refractivity contribution in [3.8, 4) is 0 Å². The van der Waals surface area contributed by atoms with E-state index in [1.165, 1.54) is 6.92 Å². The van der Waals surface area contributed by atoms with Crippen molar-refractivity contribution in [3.05, 3.63) is 0 Å². The number of hydrogen-bond donors (Lipinski definition) is 8. The Labute approximate surface area is 192 Å². The molecule has 33 heavy (non-hydrogen) atoms. The van der Waals surface area contributed by atoms with Crippen LogP contribution in [0.1, 0.15) is 52.9 Å². The first-order valence-electron chi connectivity index (χ1n) is 10.8. The van der Waals surface area contributed by atoms with Gasteiger partial charge in [-0.1, -0.05) is 20.3 Å². The molecule has 190 valence electrons. The van der Waals surface area contributed by atoms with Crippen LogP contribution in [-0.2, 0) is 24.0 Å². The van der Waals surface area contributed by atoms with E-state index >= 15 is 0 Å². The quantitative estimate of drug-likeness (QED) is 0.113. The molecule has 0 fully saturated rings. The molecule has 0 aliphatic carbocycles. The minimum atomic E-state index is -1.64. The minimum absolute atomic E-state index is 0.0807. The summed E-state index contributed by atoms with van der Waals surface area (Å²) in [7, 11) is 0. The van der Waals surface area contributed by atoms with E-state index < -0.39 is 66.4 Å². The summed E-state index contributed by atoms with van der Waals surface area (Å²) in [4.78, 5) is 60.1.